The van der Waals surface area contributed by atoms with E-state index < -0.39 is 0 Å². The minimum Gasteiger partial charge on any atom is -0.352 e. The molecule has 0 spiro atoms. The summed E-state index contributed by atoms with van der Waals surface area (Å²) in [4.78, 5) is 14.3. The molecule has 0 aromatic rings. The molecule has 2 unspecified atom stereocenters. The number of likely N-dealkylation sites (N-methyl/N-ethyl adjacent to an activating group) is 1. The van der Waals surface area contributed by atoms with E-state index >= 15 is 0 Å². The number of hydrogen-bond acceptors (Lipinski definition) is 3. The molecule has 0 saturated carbocycles. The first kappa shape index (κ1) is 16.4. The van der Waals surface area contributed by atoms with Gasteiger partial charge in [-0.15, -0.1) is 0 Å². The Balaban J connectivity index is 2.36. The van der Waals surface area contributed by atoms with Gasteiger partial charge in [0.05, 0.1) is 0 Å². The largest absolute Gasteiger partial charge is 0.352 e. The molecule has 2 atom stereocenters. The molecule has 1 heterocycles. The molecule has 1 aliphatic heterocycles. The van der Waals surface area contributed by atoms with Crippen LogP contribution in [0.15, 0.2) is 0 Å². The zero-order valence-electron chi connectivity index (χ0n) is 13.0. The van der Waals surface area contributed by atoms with Crippen molar-refractivity contribution in [2.24, 2.45) is 11.8 Å². The van der Waals surface area contributed by atoms with Crippen molar-refractivity contribution >= 4 is 5.91 Å². The lowest BCUT2D eigenvalue weighted by molar-refractivity contribution is -0.123. The van der Waals surface area contributed by atoms with Crippen LogP contribution in [0, 0.1) is 11.8 Å². The molecule has 1 rings (SSSR count). The highest BCUT2D eigenvalue weighted by atomic mass is 16.1. The van der Waals surface area contributed by atoms with Gasteiger partial charge < -0.3 is 15.5 Å². The monoisotopic (exact) mass is 269 g/mol. The van der Waals surface area contributed by atoms with Gasteiger partial charge in [0.15, 0.2) is 0 Å². The summed E-state index contributed by atoms with van der Waals surface area (Å²) in [6.07, 6.45) is 4.11. The van der Waals surface area contributed by atoms with Crippen LogP contribution in [0.5, 0.6) is 0 Å². The van der Waals surface area contributed by atoms with E-state index in [0.717, 1.165) is 26.1 Å². The molecule has 0 radical (unpaired) electrons. The highest BCUT2D eigenvalue weighted by molar-refractivity contribution is 5.76. The van der Waals surface area contributed by atoms with Gasteiger partial charge in [0, 0.05) is 19.0 Å². The van der Waals surface area contributed by atoms with E-state index in [1.54, 1.807) is 0 Å². The first-order valence-electron chi connectivity index (χ1n) is 7.62. The molecule has 0 aromatic heterocycles. The second kappa shape index (κ2) is 8.54. The van der Waals surface area contributed by atoms with Crippen LogP contribution < -0.4 is 10.6 Å². The van der Waals surface area contributed by atoms with Crippen molar-refractivity contribution in [3.63, 3.8) is 0 Å². The van der Waals surface area contributed by atoms with Crippen molar-refractivity contribution in [3.8, 4) is 0 Å². The van der Waals surface area contributed by atoms with Crippen LogP contribution in [0.4, 0.5) is 0 Å². The van der Waals surface area contributed by atoms with Gasteiger partial charge >= 0.3 is 0 Å². The lowest BCUT2D eigenvalue weighted by Gasteiger charge is -2.26. The topological polar surface area (TPSA) is 44.4 Å². The number of carbonyl (C=O) groups is 1. The van der Waals surface area contributed by atoms with E-state index in [9.17, 15) is 4.79 Å². The predicted octanol–water partition coefficient (Wildman–Crippen LogP) is 1.47. The number of carbonyl (C=O) groups excluding carboxylic acids is 1. The SMILES string of the molecule is CC(C)CC(CN(C)C)NC(=O)CC1CCCNC1. The molecule has 0 aliphatic carbocycles. The molecule has 2 N–H and O–H groups in total. The van der Waals surface area contributed by atoms with Crippen LogP contribution in [0.25, 0.3) is 0 Å². The Morgan fingerprint density at radius 2 is 2.16 bits per heavy atom. The van der Waals surface area contributed by atoms with Crippen LogP contribution in [-0.2, 0) is 4.79 Å². The van der Waals surface area contributed by atoms with E-state index in [1.165, 1.54) is 12.8 Å². The molecule has 1 saturated heterocycles. The molecule has 112 valence electrons. The summed E-state index contributed by atoms with van der Waals surface area (Å²) in [7, 11) is 4.12. The fraction of sp³-hybridized carbons (Fsp3) is 0.933. The van der Waals surface area contributed by atoms with E-state index in [1.807, 2.05) is 0 Å². The smallest absolute Gasteiger partial charge is 0.220 e. The molecular formula is C15H31N3O. The average Bonchev–Trinajstić information content (AvgIpc) is 2.27. The third kappa shape index (κ3) is 7.53. The highest BCUT2D eigenvalue weighted by Gasteiger charge is 2.19. The van der Waals surface area contributed by atoms with Crippen LogP contribution in [0.1, 0.15) is 39.5 Å². The minimum absolute atomic E-state index is 0.223. The Labute approximate surface area is 118 Å². The molecule has 19 heavy (non-hydrogen) atoms. The summed E-state index contributed by atoms with van der Waals surface area (Å²) in [5.41, 5.74) is 0. The molecular weight excluding hydrogens is 238 g/mol. The summed E-state index contributed by atoms with van der Waals surface area (Å²) in [5.74, 6) is 1.36. The number of hydrogen-bond donors (Lipinski definition) is 2. The number of rotatable bonds is 7. The Morgan fingerprint density at radius 1 is 1.42 bits per heavy atom. The van der Waals surface area contributed by atoms with E-state index in [0.29, 0.717) is 18.3 Å². The minimum atomic E-state index is 0.223. The second-order valence-electron chi connectivity index (χ2n) is 6.57. The normalized spacial score (nSPS) is 21.7. The van der Waals surface area contributed by atoms with Gasteiger partial charge in [-0.05, 0) is 58.3 Å². The first-order valence-corrected chi connectivity index (χ1v) is 7.62. The standard InChI is InChI=1S/C15H31N3O/c1-12(2)8-14(11-18(3)4)17-15(19)9-13-6-5-7-16-10-13/h12-14,16H,5-11H2,1-4H3,(H,17,19). The van der Waals surface area contributed by atoms with Crippen molar-refractivity contribution in [3.05, 3.63) is 0 Å². The molecule has 4 nitrogen and oxygen atoms in total. The highest BCUT2D eigenvalue weighted by Crippen LogP contribution is 2.14. The van der Waals surface area contributed by atoms with Crippen molar-refractivity contribution in [2.75, 3.05) is 33.7 Å². The third-order valence-electron chi connectivity index (χ3n) is 3.58. The third-order valence-corrected chi connectivity index (χ3v) is 3.58. The van der Waals surface area contributed by atoms with Crippen LogP contribution in [-0.4, -0.2) is 50.6 Å². The summed E-state index contributed by atoms with van der Waals surface area (Å²) < 4.78 is 0. The van der Waals surface area contributed by atoms with E-state index in [-0.39, 0.29) is 11.9 Å². The lowest BCUT2D eigenvalue weighted by Crippen LogP contribution is -2.44. The van der Waals surface area contributed by atoms with Gasteiger partial charge in [-0.1, -0.05) is 13.8 Å². The number of nitrogens with one attached hydrogen (secondary N) is 2. The Hall–Kier alpha value is -0.610. The van der Waals surface area contributed by atoms with Gasteiger partial charge in [-0.3, -0.25) is 4.79 Å². The fourth-order valence-electron chi connectivity index (χ4n) is 2.84. The van der Waals surface area contributed by atoms with Crippen molar-refractivity contribution < 1.29 is 4.79 Å². The Bertz CT molecular complexity index is 250. The molecule has 0 bridgehead atoms. The molecule has 1 fully saturated rings. The number of piperidine rings is 1. The van der Waals surface area contributed by atoms with E-state index in [2.05, 4.69) is 43.5 Å². The van der Waals surface area contributed by atoms with Gasteiger partial charge in [-0.25, -0.2) is 0 Å². The average molecular weight is 269 g/mol. The lowest BCUT2D eigenvalue weighted by atomic mass is 9.95. The number of nitrogens with zero attached hydrogens (tertiary/aromatic N) is 1. The predicted molar refractivity (Wildman–Crippen MR) is 80.2 cm³/mol. The quantitative estimate of drug-likeness (QED) is 0.735. The molecule has 1 aliphatic rings. The number of amides is 1. The van der Waals surface area contributed by atoms with Crippen molar-refractivity contribution in [1.82, 2.24) is 15.5 Å². The van der Waals surface area contributed by atoms with Gasteiger partial charge in [-0.2, -0.15) is 0 Å². The van der Waals surface area contributed by atoms with Gasteiger partial charge in [0.1, 0.15) is 0 Å². The maximum Gasteiger partial charge on any atom is 0.220 e. The summed E-state index contributed by atoms with van der Waals surface area (Å²) in [6.45, 7) is 7.44. The zero-order valence-corrected chi connectivity index (χ0v) is 13.0. The Morgan fingerprint density at radius 3 is 2.68 bits per heavy atom. The van der Waals surface area contributed by atoms with Gasteiger partial charge in [0.2, 0.25) is 5.91 Å². The van der Waals surface area contributed by atoms with Crippen molar-refractivity contribution in [1.29, 1.82) is 0 Å². The Kier molecular flexibility index (Phi) is 7.39. The van der Waals surface area contributed by atoms with Crippen molar-refractivity contribution in [2.45, 2.75) is 45.6 Å². The second-order valence-corrected chi connectivity index (χ2v) is 6.57. The summed E-state index contributed by atoms with van der Waals surface area (Å²) in [5, 5.41) is 6.59. The van der Waals surface area contributed by atoms with E-state index in [4.69, 9.17) is 0 Å². The maximum atomic E-state index is 12.1. The molecule has 0 aromatic carbocycles. The summed E-state index contributed by atoms with van der Waals surface area (Å²) in [6, 6.07) is 0.277. The van der Waals surface area contributed by atoms with Crippen LogP contribution in [0.3, 0.4) is 0 Å². The molecule has 4 heteroatoms. The maximum absolute atomic E-state index is 12.1. The first-order chi connectivity index (χ1) is 8.97. The van der Waals surface area contributed by atoms with Crippen LogP contribution in [0.2, 0.25) is 0 Å². The van der Waals surface area contributed by atoms with Crippen LogP contribution >= 0.6 is 0 Å². The molecule has 1 amide bonds. The summed E-state index contributed by atoms with van der Waals surface area (Å²) >= 11 is 0. The zero-order chi connectivity index (χ0) is 14.3. The van der Waals surface area contributed by atoms with Gasteiger partial charge in [0.25, 0.3) is 0 Å². The fourth-order valence-corrected chi connectivity index (χ4v) is 2.84.